The number of amides is 1. The predicted molar refractivity (Wildman–Crippen MR) is 109 cm³/mol. The molecule has 0 radical (unpaired) electrons. The Labute approximate surface area is 170 Å². The van der Waals surface area contributed by atoms with Crippen LogP contribution < -0.4 is 15.2 Å². The second-order valence-electron chi connectivity index (χ2n) is 5.98. The summed E-state index contributed by atoms with van der Waals surface area (Å²) in [6.07, 6.45) is 0. The van der Waals surface area contributed by atoms with Crippen LogP contribution in [0.3, 0.4) is 0 Å². The molecule has 1 amide bonds. The number of carbonyl (C=O) groups is 1. The molecule has 2 rings (SSSR count). The first kappa shape index (κ1) is 22.8. The normalized spacial score (nSPS) is 12.0. The van der Waals surface area contributed by atoms with E-state index in [0.29, 0.717) is 5.69 Å². The minimum atomic E-state index is -3.85. The van der Waals surface area contributed by atoms with Gasteiger partial charge in [-0.3, -0.25) is 4.79 Å². The molecule has 11 heteroatoms. The molecule has 0 fully saturated rings. The standard InChI is InChI=1S/C18H23N3O6S2/c1-4-21(5-2)29(25,26)17-12-13(6-11-16(17)27-3)18(22)20-14-7-9-15(10-8-14)28(19,23)24/h6-12H,4-5H2,1-3H3,(H,20,22)(H2,19,23,24). The number of hydrogen-bond acceptors (Lipinski definition) is 6. The maximum absolute atomic E-state index is 12.9. The Morgan fingerprint density at radius 1 is 1.03 bits per heavy atom. The second-order valence-corrected chi connectivity index (χ2v) is 9.45. The minimum Gasteiger partial charge on any atom is -0.495 e. The van der Waals surface area contributed by atoms with E-state index in [1.165, 1.54) is 53.9 Å². The van der Waals surface area contributed by atoms with Crippen molar-refractivity contribution in [3.8, 4) is 5.75 Å². The van der Waals surface area contributed by atoms with Crippen LogP contribution in [0.25, 0.3) is 0 Å². The fourth-order valence-corrected chi connectivity index (χ4v) is 4.81. The first-order valence-electron chi connectivity index (χ1n) is 8.67. The van der Waals surface area contributed by atoms with E-state index in [2.05, 4.69) is 5.32 Å². The van der Waals surface area contributed by atoms with Gasteiger partial charge in [-0.1, -0.05) is 13.8 Å². The number of ether oxygens (including phenoxy) is 1. The Morgan fingerprint density at radius 3 is 2.10 bits per heavy atom. The van der Waals surface area contributed by atoms with E-state index in [9.17, 15) is 21.6 Å². The summed E-state index contributed by atoms with van der Waals surface area (Å²) in [7, 11) is -6.34. The highest BCUT2D eigenvalue weighted by Crippen LogP contribution is 2.28. The SMILES string of the molecule is CCN(CC)S(=O)(=O)c1cc(C(=O)Nc2ccc(S(N)(=O)=O)cc2)ccc1OC. The highest BCUT2D eigenvalue weighted by atomic mass is 32.2. The molecular formula is C18H23N3O6S2. The number of rotatable bonds is 8. The van der Waals surface area contributed by atoms with E-state index in [-0.39, 0.29) is 34.2 Å². The van der Waals surface area contributed by atoms with Crippen LogP contribution in [-0.2, 0) is 20.0 Å². The molecule has 9 nitrogen and oxygen atoms in total. The van der Waals surface area contributed by atoms with Crippen LogP contribution in [-0.4, -0.2) is 47.2 Å². The molecule has 0 heterocycles. The molecule has 2 aromatic carbocycles. The molecule has 0 aliphatic heterocycles. The third-order valence-electron chi connectivity index (χ3n) is 4.19. The quantitative estimate of drug-likeness (QED) is 0.639. The third-order valence-corrected chi connectivity index (χ3v) is 7.19. The highest BCUT2D eigenvalue weighted by Gasteiger charge is 2.26. The van der Waals surface area contributed by atoms with Gasteiger partial charge in [0, 0.05) is 24.3 Å². The average molecular weight is 442 g/mol. The van der Waals surface area contributed by atoms with E-state index in [4.69, 9.17) is 9.88 Å². The van der Waals surface area contributed by atoms with Gasteiger partial charge in [0.15, 0.2) is 0 Å². The van der Waals surface area contributed by atoms with E-state index in [1.54, 1.807) is 13.8 Å². The van der Waals surface area contributed by atoms with Crippen molar-refractivity contribution in [1.82, 2.24) is 4.31 Å². The van der Waals surface area contributed by atoms with E-state index >= 15 is 0 Å². The van der Waals surface area contributed by atoms with Gasteiger partial charge >= 0.3 is 0 Å². The average Bonchev–Trinajstić information content (AvgIpc) is 2.67. The van der Waals surface area contributed by atoms with E-state index < -0.39 is 26.0 Å². The zero-order valence-electron chi connectivity index (χ0n) is 16.2. The molecule has 0 aliphatic carbocycles. The number of methoxy groups -OCH3 is 1. The largest absolute Gasteiger partial charge is 0.495 e. The van der Waals surface area contributed by atoms with Gasteiger partial charge < -0.3 is 10.1 Å². The Bertz CT molecular complexity index is 1090. The number of anilines is 1. The third kappa shape index (κ3) is 5.12. The molecule has 0 bridgehead atoms. The Balaban J connectivity index is 2.37. The lowest BCUT2D eigenvalue weighted by atomic mass is 10.2. The van der Waals surface area contributed by atoms with Crippen LogP contribution in [0.1, 0.15) is 24.2 Å². The van der Waals surface area contributed by atoms with Gasteiger partial charge in [-0.05, 0) is 42.5 Å². The maximum atomic E-state index is 12.9. The van der Waals surface area contributed by atoms with Gasteiger partial charge in [-0.2, -0.15) is 4.31 Å². The van der Waals surface area contributed by atoms with Crippen molar-refractivity contribution in [3.05, 3.63) is 48.0 Å². The number of benzene rings is 2. The molecule has 0 atom stereocenters. The van der Waals surface area contributed by atoms with Crippen LogP contribution in [0.2, 0.25) is 0 Å². The lowest BCUT2D eigenvalue weighted by Crippen LogP contribution is -2.31. The monoisotopic (exact) mass is 441 g/mol. The van der Waals surface area contributed by atoms with Gasteiger partial charge in [0.1, 0.15) is 10.6 Å². The van der Waals surface area contributed by atoms with Gasteiger partial charge in [0.05, 0.1) is 12.0 Å². The number of carbonyl (C=O) groups excluding carboxylic acids is 1. The molecule has 0 aliphatic rings. The molecule has 0 aromatic heterocycles. The zero-order valence-corrected chi connectivity index (χ0v) is 17.9. The summed E-state index contributed by atoms with van der Waals surface area (Å²) in [5.74, 6) is -0.432. The predicted octanol–water partition coefficient (Wildman–Crippen LogP) is 1.63. The van der Waals surface area contributed by atoms with Crippen molar-refractivity contribution in [1.29, 1.82) is 0 Å². The van der Waals surface area contributed by atoms with Crippen LogP contribution in [0.15, 0.2) is 52.3 Å². The van der Waals surface area contributed by atoms with Crippen LogP contribution in [0.4, 0.5) is 5.69 Å². The number of nitrogens with zero attached hydrogens (tertiary/aromatic N) is 1. The van der Waals surface area contributed by atoms with Crippen LogP contribution in [0, 0.1) is 0 Å². The van der Waals surface area contributed by atoms with Gasteiger partial charge in [0.2, 0.25) is 20.0 Å². The summed E-state index contributed by atoms with van der Waals surface area (Å²) in [6, 6.07) is 9.39. The van der Waals surface area contributed by atoms with Crippen LogP contribution in [0.5, 0.6) is 5.75 Å². The van der Waals surface area contributed by atoms with Crippen molar-refractivity contribution in [2.45, 2.75) is 23.6 Å². The fourth-order valence-electron chi connectivity index (χ4n) is 2.65. The summed E-state index contributed by atoms with van der Waals surface area (Å²) in [5, 5.41) is 7.63. The lowest BCUT2D eigenvalue weighted by Gasteiger charge is -2.20. The van der Waals surface area contributed by atoms with Crippen molar-refractivity contribution in [2.75, 3.05) is 25.5 Å². The van der Waals surface area contributed by atoms with E-state index in [1.807, 2.05) is 0 Å². The van der Waals surface area contributed by atoms with Crippen molar-refractivity contribution in [3.63, 3.8) is 0 Å². The first-order valence-corrected chi connectivity index (χ1v) is 11.7. The Morgan fingerprint density at radius 2 is 1.62 bits per heavy atom. The van der Waals surface area contributed by atoms with Gasteiger partial charge in [0.25, 0.3) is 5.91 Å². The lowest BCUT2D eigenvalue weighted by molar-refractivity contribution is 0.102. The summed E-state index contributed by atoms with van der Waals surface area (Å²) in [4.78, 5) is 12.4. The molecule has 0 unspecified atom stereocenters. The Hall–Kier alpha value is -2.47. The molecule has 29 heavy (non-hydrogen) atoms. The summed E-state index contributed by atoms with van der Waals surface area (Å²) in [5.41, 5.74) is 0.429. The van der Waals surface area contributed by atoms with Gasteiger partial charge in [-0.25, -0.2) is 22.0 Å². The number of sulfonamides is 2. The number of nitrogens with two attached hydrogens (primary N) is 1. The van der Waals surface area contributed by atoms with Gasteiger partial charge in [-0.15, -0.1) is 0 Å². The fraction of sp³-hybridized carbons (Fsp3) is 0.278. The van der Waals surface area contributed by atoms with Crippen molar-refractivity contribution in [2.24, 2.45) is 5.14 Å². The summed E-state index contributed by atoms with van der Waals surface area (Å²) >= 11 is 0. The minimum absolute atomic E-state index is 0.0902. The molecule has 0 saturated heterocycles. The first-order chi connectivity index (χ1) is 13.5. The molecule has 2 aromatic rings. The number of hydrogen-bond donors (Lipinski definition) is 2. The van der Waals surface area contributed by atoms with Crippen LogP contribution >= 0.6 is 0 Å². The van der Waals surface area contributed by atoms with Crippen molar-refractivity contribution < 1.29 is 26.4 Å². The molecule has 0 spiro atoms. The summed E-state index contributed by atoms with van der Waals surface area (Å²) < 4.78 is 54.8. The maximum Gasteiger partial charge on any atom is 0.255 e. The molecular weight excluding hydrogens is 418 g/mol. The van der Waals surface area contributed by atoms with Crippen molar-refractivity contribution >= 4 is 31.6 Å². The number of nitrogens with one attached hydrogen (secondary N) is 1. The molecule has 3 N–H and O–H groups in total. The smallest absolute Gasteiger partial charge is 0.255 e. The number of primary sulfonamides is 1. The molecule has 158 valence electrons. The highest BCUT2D eigenvalue weighted by molar-refractivity contribution is 7.89. The topological polar surface area (TPSA) is 136 Å². The molecule has 0 saturated carbocycles. The second kappa shape index (κ2) is 8.91. The summed E-state index contributed by atoms with van der Waals surface area (Å²) in [6.45, 7) is 3.98. The van der Waals surface area contributed by atoms with E-state index in [0.717, 1.165) is 0 Å². The Kier molecular flexibility index (Phi) is 7.01. The zero-order chi connectivity index (χ0) is 21.8.